The summed E-state index contributed by atoms with van der Waals surface area (Å²) in [4.78, 5) is 34.7. The molecular formula is C15H21N3O3. The number of carbonyl (C=O) groups is 3. The van der Waals surface area contributed by atoms with Crippen LogP contribution in [0.15, 0.2) is 30.3 Å². The zero-order valence-electron chi connectivity index (χ0n) is 12.3. The van der Waals surface area contributed by atoms with Gasteiger partial charge in [0, 0.05) is 13.3 Å². The van der Waals surface area contributed by atoms with Gasteiger partial charge in [-0.25, -0.2) is 0 Å². The standard InChI is InChI=1S/C15H21N3O3/c1-3-12(14(16)20)18-15(21)13(17-10(2)19)9-11-7-5-4-6-8-11/h4-8,12-13H,3,9H2,1-2H3,(H2,16,20)(H,17,19)(H,18,21)/t12-,13-/m0/s1. The van der Waals surface area contributed by atoms with Gasteiger partial charge < -0.3 is 16.4 Å². The number of hydrogen-bond acceptors (Lipinski definition) is 3. The minimum atomic E-state index is -0.738. The van der Waals surface area contributed by atoms with Crippen LogP contribution >= 0.6 is 0 Å². The molecule has 0 unspecified atom stereocenters. The number of primary amides is 1. The number of hydrogen-bond donors (Lipinski definition) is 3. The molecular weight excluding hydrogens is 270 g/mol. The van der Waals surface area contributed by atoms with Crippen LogP contribution in [-0.4, -0.2) is 29.8 Å². The second-order valence-electron chi connectivity index (χ2n) is 4.81. The second kappa shape index (κ2) is 8.04. The quantitative estimate of drug-likeness (QED) is 0.664. The Labute approximate surface area is 124 Å². The van der Waals surface area contributed by atoms with Crippen molar-refractivity contribution < 1.29 is 14.4 Å². The summed E-state index contributed by atoms with van der Waals surface area (Å²) < 4.78 is 0. The van der Waals surface area contributed by atoms with Crippen LogP contribution in [0, 0.1) is 0 Å². The van der Waals surface area contributed by atoms with E-state index in [0.717, 1.165) is 5.56 Å². The van der Waals surface area contributed by atoms with Crippen molar-refractivity contribution in [1.82, 2.24) is 10.6 Å². The van der Waals surface area contributed by atoms with E-state index >= 15 is 0 Å². The lowest BCUT2D eigenvalue weighted by atomic mass is 10.0. The van der Waals surface area contributed by atoms with E-state index in [2.05, 4.69) is 10.6 Å². The number of rotatable bonds is 7. The third-order valence-corrected chi connectivity index (χ3v) is 3.04. The summed E-state index contributed by atoms with van der Waals surface area (Å²) in [6.45, 7) is 3.09. The summed E-state index contributed by atoms with van der Waals surface area (Å²) in [5.74, 6) is -1.31. The van der Waals surface area contributed by atoms with Crippen molar-refractivity contribution in [2.45, 2.75) is 38.8 Å². The molecule has 0 bridgehead atoms. The molecule has 0 aliphatic heterocycles. The molecule has 114 valence electrons. The molecule has 1 aromatic rings. The van der Waals surface area contributed by atoms with E-state index in [1.807, 2.05) is 30.3 Å². The Bertz CT molecular complexity index is 502. The molecule has 6 heteroatoms. The summed E-state index contributed by atoms with van der Waals surface area (Å²) in [5.41, 5.74) is 6.12. The minimum absolute atomic E-state index is 0.307. The SMILES string of the molecule is CC[C@H](NC(=O)[C@H](Cc1ccccc1)NC(C)=O)C(N)=O. The third kappa shape index (κ3) is 5.64. The predicted molar refractivity (Wildman–Crippen MR) is 79.2 cm³/mol. The average molecular weight is 291 g/mol. The maximum Gasteiger partial charge on any atom is 0.243 e. The molecule has 1 aromatic carbocycles. The van der Waals surface area contributed by atoms with E-state index in [-0.39, 0.29) is 5.91 Å². The van der Waals surface area contributed by atoms with Crippen molar-refractivity contribution in [1.29, 1.82) is 0 Å². The number of carbonyl (C=O) groups excluding carboxylic acids is 3. The number of amides is 3. The van der Waals surface area contributed by atoms with E-state index < -0.39 is 23.9 Å². The van der Waals surface area contributed by atoms with Crippen molar-refractivity contribution >= 4 is 17.7 Å². The number of nitrogens with two attached hydrogens (primary N) is 1. The smallest absolute Gasteiger partial charge is 0.243 e. The molecule has 0 saturated heterocycles. The number of nitrogens with one attached hydrogen (secondary N) is 2. The van der Waals surface area contributed by atoms with E-state index in [1.165, 1.54) is 6.92 Å². The van der Waals surface area contributed by atoms with Crippen LogP contribution in [0.1, 0.15) is 25.8 Å². The second-order valence-corrected chi connectivity index (χ2v) is 4.81. The summed E-state index contributed by atoms with van der Waals surface area (Å²) in [7, 11) is 0. The van der Waals surface area contributed by atoms with E-state index in [1.54, 1.807) is 6.92 Å². The van der Waals surface area contributed by atoms with E-state index in [4.69, 9.17) is 5.73 Å². The summed E-state index contributed by atoms with van der Waals surface area (Å²) in [6, 6.07) is 7.85. The van der Waals surface area contributed by atoms with Crippen LogP contribution in [0.2, 0.25) is 0 Å². The van der Waals surface area contributed by atoms with Crippen LogP contribution < -0.4 is 16.4 Å². The van der Waals surface area contributed by atoms with Gasteiger partial charge in [0.2, 0.25) is 17.7 Å². The van der Waals surface area contributed by atoms with Crippen LogP contribution in [-0.2, 0) is 20.8 Å². The molecule has 0 spiro atoms. The Kier molecular flexibility index (Phi) is 6.39. The molecule has 0 aliphatic carbocycles. The molecule has 0 radical (unpaired) electrons. The Morgan fingerprint density at radius 3 is 2.19 bits per heavy atom. The lowest BCUT2D eigenvalue weighted by molar-refractivity contribution is -0.130. The molecule has 3 amide bonds. The Balaban J connectivity index is 2.79. The fraction of sp³-hybridized carbons (Fsp3) is 0.400. The van der Waals surface area contributed by atoms with Gasteiger partial charge in [0.15, 0.2) is 0 Å². The van der Waals surface area contributed by atoms with Crippen LogP contribution in [0.25, 0.3) is 0 Å². The topological polar surface area (TPSA) is 101 Å². The van der Waals surface area contributed by atoms with Crippen molar-refractivity contribution in [3.63, 3.8) is 0 Å². The molecule has 6 nitrogen and oxygen atoms in total. The lowest BCUT2D eigenvalue weighted by Gasteiger charge is -2.20. The van der Waals surface area contributed by atoms with Crippen molar-refractivity contribution in [2.24, 2.45) is 5.73 Å². The lowest BCUT2D eigenvalue weighted by Crippen LogP contribution is -2.53. The van der Waals surface area contributed by atoms with E-state index in [9.17, 15) is 14.4 Å². The van der Waals surface area contributed by atoms with E-state index in [0.29, 0.717) is 12.8 Å². The first-order valence-electron chi connectivity index (χ1n) is 6.84. The third-order valence-electron chi connectivity index (χ3n) is 3.04. The fourth-order valence-electron chi connectivity index (χ4n) is 1.95. The molecule has 0 fully saturated rings. The van der Waals surface area contributed by atoms with Gasteiger partial charge in [-0.2, -0.15) is 0 Å². The zero-order valence-corrected chi connectivity index (χ0v) is 12.3. The van der Waals surface area contributed by atoms with Gasteiger partial charge in [0.1, 0.15) is 12.1 Å². The number of benzene rings is 1. The predicted octanol–water partition coefficient (Wildman–Crippen LogP) is 0.114. The summed E-state index contributed by atoms with van der Waals surface area (Å²) >= 11 is 0. The van der Waals surface area contributed by atoms with Crippen LogP contribution in [0.4, 0.5) is 0 Å². The summed E-state index contributed by atoms with van der Waals surface area (Å²) in [6.07, 6.45) is 0.751. The molecule has 0 aliphatic rings. The maximum absolute atomic E-state index is 12.2. The van der Waals surface area contributed by atoms with Crippen molar-refractivity contribution in [2.75, 3.05) is 0 Å². The van der Waals surface area contributed by atoms with Gasteiger partial charge in [0.25, 0.3) is 0 Å². The average Bonchev–Trinajstić information content (AvgIpc) is 2.44. The van der Waals surface area contributed by atoms with Crippen LogP contribution in [0.5, 0.6) is 0 Å². The first kappa shape index (κ1) is 16.7. The highest BCUT2D eigenvalue weighted by Crippen LogP contribution is 2.04. The first-order valence-corrected chi connectivity index (χ1v) is 6.84. The molecule has 21 heavy (non-hydrogen) atoms. The monoisotopic (exact) mass is 291 g/mol. The molecule has 1 rings (SSSR count). The minimum Gasteiger partial charge on any atom is -0.368 e. The molecule has 0 aromatic heterocycles. The highest BCUT2D eigenvalue weighted by atomic mass is 16.2. The fourth-order valence-corrected chi connectivity index (χ4v) is 1.95. The summed E-state index contributed by atoms with van der Waals surface area (Å²) in [5, 5.41) is 5.16. The van der Waals surface area contributed by atoms with Gasteiger partial charge in [-0.3, -0.25) is 14.4 Å². The zero-order chi connectivity index (χ0) is 15.8. The van der Waals surface area contributed by atoms with Crippen LogP contribution in [0.3, 0.4) is 0 Å². The Morgan fingerprint density at radius 1 is 1.10 bits per heavy atom. The van der Waals surface area contributed by atoms with Gasteiger partial charge >= 0.3 is 0 Å². The normalized spacial score (nSPS) is 13.0. The van der Waals surface area contributed by atoms with Gasteiger partial charge in [-0.1, -0.05) is 37.3 Å². The van der Waals surface area contributed by atoms with Gasteiger partial charge in [-0.05, 0) is 12.0 Å². The van der Waals surface area contributed by atoms with Crippen molar-refractivity contribution in [3.05, 3.63) is 35.9 Å². The van der Waals surface area contributed by atoms with Gasteiger partial charge in [-0.15, -0.1) is 0 Å². The largest absolute Gasteiger partial charge is 0.368 e. The maximum atomic E-state index is 12.2. The molecule has 0 saturated carbocycles. The highest BCUT2D eigenvalue weighted by molar-refractivity contribution is 5.91. The van der Waals surface area contributed by atoms with Gasteiger partial charge in [0.05, 0.1) is 0 Å². The molecule has 0 heterocycles. The Hall–Kier alpha value is -2.37. The Morgan fingerprint density at radius 2 is 1.71 bits per heavy atom. The highest BCUT2D eigenvalue weighted by Gasteiger charge is 2.24. The molecule has 4 N–H and O–H groups in total. The van der Waals surface area contributed by atoms with Crippen molar-refractivity contribution in [3.8, 4) is 0 Å². The first-order chi connectivity index (χ1) is 9.93. The molecule has 2 atom stereocenters.